The molecule has 0 saturated carbocycles. The minimum atomic E-state index is 0.782. The molecule has 2 nitrogen and oxygen atoms in total. The minimum absolute atomic E-state index is 0.782. The number of hydrogen-bond acceptors (Lipinski definition) is 3. The Bertz CT molecular complexity index is 315. The van der Waals surface area contributed by atoms with Crippen molar-refractivity contribution in [1.82, 2.24) is 5.32 Å². The summed E-state index contributed by atoms with van der Waals surface area (Å²) in [6.45, 7) is 6.68. The number of methoxy groups -OCH3 is 1. The van der Waals surface area contributed by atoms with Gasteiger partial charge in [-0.2, -0.15) is 0 Å². The van der Waals surface area contributed by atoms with E-state index >= 15 is 0 Å². The Hall–Kier alpha value is -0.670. The average molecular weight is 253 g/mol. The largest absolute Gasteiger partial charge is 0.496 e. The van der Waals surface area contributed by atoms with E-state index in [9.17, 15) is 0 Å². The molecule has 1 aromatic carbocycles. The van der Waals surface area contributed by atoms with E-state index in [1.165, 1.54) is 11.3 Å². The number of hydrogen-bond donors (Lipinski definition) is 1. The maximum absolute atomic E-state index is 5.31. The first kappa shape index (κ1) is 14.4. The molecular formula is C14H23NOS. The Morgan fingerprint density at radius 1 is 1.24 bits per heavy atom. The second kappa shape index (κ2) is 8.43. The van der Waals surface area contributed by atoms with Gasteiger partial charge in [-0.25, -0.2) is 0 Å². The van der Waals surface area contributed by atoms with E-state index < -0.39 is 0 Å². The van der Waals surface area contributed by atoms with E-state index in [0.29, 0.717) is 0 Å². The first-order chi connectivity index (χ1) is 8.24. The fraction of sp³-hybridized carbons (Fsp3) is 0.571. The van der Waals surface area contributed by atoms with Crippen LogP contribution in [0.3, 0.4) is 0 Å². The predicted octanol–water partition coefficient (Wildman–Crippen LogP) is 3.42. The molecule has 1 N–H and O–H groups in total. The number of para-hydroxylation sites is 1. The van der Waals surface area contributed by atoms with Gasteiger partial charge in [0.15, 0.2) is 0 Å². The van der Waals surface area contributed by atoms with Crippen LogP contribution in [0.1, 0.15) is 20.3 Å². The highest BCUT2D eigenvalue weighted by Gasteiger charge is 2.01. The van der Waals surface area contributed by atoms with Gasteiger partial charge in [0.05, 0.1) is 7.11 Å². The molecule has 0 saturated heterocycles. The quantitative estimate of drug-likeness (QED) is 0.566. The molecule has 0 aliphatic rings. The third-order valence-corrected chi connectivity index (χ3v) is 3.56. The van der Waals surface area contributed by atoms with Gasteiger partial charge in [0, 0.05) is 17.2 Å². The Labute approximate surface area is 109 Å². The highest BCUT2D eigenvalue weighted by Crippen LogP contribution is 2.28. The highest BCUT2D eigenvalue weighted by atomic mass is 32.2. The molecule has 0 radical (unpaired) electrons. The topological polar surface area (TPSA) is 21.3 Å². The van der Waals surface area contributed by atoms with E-state index in [2.05, 4.69) is 31.3 Å². The first-order valence-corrected chi connectivity index (χ1v) is 7.19. The zero-order valence-corrected chi connectivity index (χ0v) is 11.8. The maximum Gasteiger partial charge on any atom is 0.132 e. The number of rotatable bonds is 8. The van der Waals surface area contributed by atoms with Crippen molar-refractivity contribution in [3.05, 3.63) is 24.3 Å². The Morgan fingerprint density at radius 2 is 2.00 bits per heavy atom. The van der Waals surface area contributed by atoms with Crippen molar-refractivity contribution in [3.8, 4) is 5.75 Å². The van der Waals surface area contributed by atoms with Crippen LogP contribution in [0.5, 0.6) is 5.75 Å². The fourth-order valence-corrected chi connectivity index (χ4v) is 2.42. The van der Waals surface area contributed by atoms with Crippen molar-refractivity contribution in [1.29, 1.82) is 0 Å². The van der Waals surface area contributed by atoms with Gasteiger partial charge in [0.25, 0.3) is 0 Å². The van der Waals surface area contributed by atoms with Crippen LogP contribution in [0.4, 0.5) is 0 Å². The van der Waals surface area contributed by atoms with Gasteiger partial charge in [0.2, 0.25) is 0 Å². The lowest BCUT2D eigenvalue weighted by Gasteiger charge is -2.09. The zero-order valence-electron chi connectivity index (χ0n) is 11.0. The lowest BCUT2D eigenvalue weighted by Crippen LogP contribution is -2.19. The lowest BCUT2D eigenvalue weighted by atomic mass is 10.1. The van der Waals surface area contributed by atoms with Crippen LogP contribution in [-0.4, -0.2) is 26.0 Å². The van der Waals surface area contributed by atoms with E-state index in [1.807, 2.05) is 23.9 Å². The molecule has 0 aromatic heterocycles. The van der Waals surface area contributed by atoms with Crippen molar-refractivity contribution >= 4 is 11.8 Å². The summed E-state index contributed by atoms with van der Waals surface area (Å²) < 4.78 is 5.31. The molecule has 1 aromatic rings. The van der Waals surface area contributed by atoms with Crippen molar-refractivity contribution in [2.24, 2.45) is 5.92 Å². The minimum Gasteiger partial charge on any atom is -0.496 e. The van der Waals surface area contributed by atoms with Gasteiger partial charge in [-0.1, -0.05) is 26.0 Å². The molecule has 0 heterocycles. The molecule has 3 heteroatoms. The molecule has 0 amide bonds. The summed E-state index contributed by atoms with van der Waals surface area (Å²) in [5.41, 5.74) is 0. The molecule has 0 aliphatic heterocycles. The summed E-state index contributed by atoms with van der Waals surface area (Å²) in [4.78, 5) is 1.22. The lowest BCUT2D eigenvalue weighted by molar-refractivity contribution is 0.405. The summed E-state index contributed by atoms with van der Waals surface area (Å²) in [6.07, 6.45) is 1.25. The number of nitrogens with one attached hydrogen (secondary N) is 1. The Balaban J connectivity index is 2.17. The molecule has 1 rings (SSSR count). The number of thioether (sulfide) groups is 1. The second-order valence-electron chi connectivity index (χ2n) is 4.43. The molecule has 0 aliphatic carbocycles. The maximum atomic E-state index is 5.31. The standard InChI is InChI=1S/C14H23NOS/c1-12(2)8-9-15-10-11-17-14-7-5-4-6-13(14)16-3/h4-7,12,15H,8-11H2,1-3H3. The van der Waals surface area contributed by atoms with Crippen LogP contribution in [-0.2, 0) is 0 Å². The van der Waals surface area contributed by atoms with Gasteiger partial charge < -0.3 is 10.1 Å². The monoisotopic (exact) mass is 253 g/mol. The summed E-state index contributed by atoms with van der Waals surface area (Å²) in [5.74, 6) is 2.84. The van der Waals surface area contributed by atoms with Gasteiger partial charge in [-0.05, 0) is 31.0 Å². The third kappa shape index (κ3) is 5.99. The molecular weight excluding hydrogens is 230 g/mol. The molecule has 0 unspecified atom stereocenters. The molecule has 0 bridgehead atoms. The second-order valence-corrected chi connectivity index (χ2v) is 5.57. The van der Waals surface area contributed by atoms with Crippen LogP contribution in [0.25, 0.3) is 0 Å². The van der Waals surface area contributed by atoms with E-state index in [0.717, 1.165) is 30.5 Å². The number of benzene rings is 1. The zero-order chi connectivity index (χ0) is 12.5. The van der Waals surface area contributed by atoms with Crippen LogP contribution in [0.15, 0.2) is 29.2 Å². The molecule has 96 valence electrons. The number of ether oxygens (including phenoxy) is 1. The Morgan fingerprint density at radius 3 is 2.71 bits per heavy atom. The van der Waals surface area contributed by atoms with Gasteiger partial charge >= 0.3 is 0 Å². The van der Waals surface area contributed by atoms with Crippen molar-refractivity contribution < 1.29 is 4.74 Å². The summed E-state index contributed by atoms with van der Waals surface area (Å²) in [6, 6.07) is 8.17. The summed E-state index contributed by atoms with van der Waals surface area (Å²) in [5, 5.41) is 3.46. The van der Waals surface area contributed by atoms with Crippen molar-refractivity contribution in [3.63, 3.8) is 0 Å². The van der Waals surface area contributed by atoms with Crippen LogP contribution < -0.4 is 10.1 Å². The van der Waals surface area contributed by atoms with Crippen molar-refractivity contribution in [2.75, 3.05) is 26.0 Å². The van der Waals surface area contributed by atoms with E-state index in [-0.39, 0.29) is 0 Å². The third-order valence-electron chi connectivity index (χ3n) is 2.50. The van der Waals surface area contributed by atoms with Gasteiger partial charge in [0.1, 0.15) is 5.75 Å². The summed E-state index contributed by atoms with van der Waals surface area (Å²) >= 11 is 1.84. The molecule has 0 atom stereocenters. The highest BCUT2D eigenvalue weighted by molar-refractivity contribution is 7.99. The predicted molar refractivity (Wildman–Crippen MR) is 76.0 cm³/mol. The normalized spacial score (nSPS) is 10.8. The van der Waals surface area contributed by atoms with Crippen LogP contribution in [0, 0.1) is 5.92 Å². The van der Waals surface area contributed by atoms with Crippen LogP contribution in [0.2, 0.25) is 0 Å². The van der Waals surface area contributed by atoms with Crippen LogP contribution >= 0.6 is 11.8 Å². The molecule has 0 spiro atoms. The van der Waals surface area contributed by atoms with Gasteiger partial charge in [-0.3, -0.25) is 0 Å². The molecule has 17 heavy (non-hydrogen) atoms. The Kier molecular flexibility index (Phi) is 7.13. The fourth-order valence-electron chi connectivity index (χ4n) is 1.49. The molecule has 0 fully saturated rings. The van der Waals surface area contributed by atoms with E-state index in [1.54, 1.807) is 7.11 Å². The first-order valence-electron chi connectivity index (χ1n) is 6.20. The summed E-state index contributed by atoms with van der Waals surface area (Å²) in [7, 11) is 1.72. The van der Waals surface area contributed by atoms with Gasteiger partial charge in [-0.15, -0.1) is 11.8 Å². The smallest absolute Gasteiger partial charge is 0.132 e. The SMILES string of the molecule is COc1ccccc1SCCNCCC(C)C. The average Bonchev–Trinajstić information content (AvgIpc) is 2.33. The van der Waals surface area contributed by atoms with E-state index in [4.69, 9.17) is 4.74 Å². The van der Waals surface area contributed by atoms with Crippen molar-refractivity contribution in [2.45, 2.75) is 25.2 Å².